The van der Waals surface area contributed by atoms with E-state index in [0.29, 0.717) is 23.5 Å². The first-order valence-corrected chi connectivity index (χ1v) is 7.79. The zero-order chi connectivity index (χ0) is 18.0. The molecule has 0 aliphatic carbocycles. The summed E-state index contributed by atoms with van der Waals surface area (Å²) in [7, 11) is 0. The van der Waals surface area contributed by atoms with Gasteiger partial charge in [-0.05, 0) is 42.6 Å². The molecule has 25 heavy (non-hydrogen) atoms. The fourth-order valence-corrected chi connectivity index (χ4v) is 2.59. The number of rotatable bonds is 5. The van der Waals surface area contributed by atoms with Gasteiger partial charge in [0.1, 0.15) is 11.6 Å². The first kappa shape index (κ1) is 16.9. The number of fused-ring (bicyclic) bond motifs is 1. The van der Waals surface area contributed by atoms with E-state index in [9.17, 15) is 14.5 Å². The summed E-state index contributed by atoms with van der Waals surface area (Å²) in [5.74, 6) is 0.0587. The lowest BCUT2D eigenvalue weighted by atomic mass is 10.1. The van der Waals surface area contributed by atoms with Gasteiger partial charge in [0.2, 0.25) is 0 Å². The number of anilines is 2. The molecule has 0 aliphatic heterocycles. The Bertz CT molecular complexity index is 965. The van der Waals surface area contributed by atoms with Gasteiger partial charge in [0, 0.05) is 23.3 Å². The fraction of sp³-hybridized carbons (Fsp3) is 0.118. The number of pyridine rings is 1. The maximum absolute atomic E-state index is 13.3. The molecule has 1 aromatic heterocycles. The predicted molar refractivity (Wildman–Crippen MR) is 94.3 cm³/mol. The quantitative estimate of drug-likeness (QED) is 0.506. The van der Waals surface area contributed by atoms with E-state index in [4.69, 9.17) is 16.3 Å². The third kappa shape index (κ3) is 3.46. The highest BCUT2D eigenvalue weighted by molar-refractivity contribution is 6.31. The normalized spacial score (nSPS) is 10.7. The number of aromatic nitrogens is 1. The van der Waals surface area contributed by atoms with Crippen LogP contribution in [0, 0.1) is 15.9 Å². The lowest BCUT2D eigenvalue weighted by Gasteiger charge is -2.11. The highest BCUT2D eigenvalue weighted by Gasteiger charge is 2.18. The van der Waals surface area contributed by atoms with Crippen molar-refractivity contribution in [2.24, 2.45) is 0 Å². The van der Waals surface area contributed by atoms with Gasteiger partial charge >= 0.3 is 5.69 Å². The Labute approximate surface area is 147 Å². The zero-order valence-electron chi connectivity index (χ0n) is 13.1. The number of ether oxygens (including phenoxy) is 1. The molecule has 6 nitrogen and oxygen atoms in total. The Morgan fingerprint density at radius 2 is 2.12 bits per heavy atom. The molecule has 3 aromatic rings. The first-order valence-electron chi connectivity index (χ1n) is 7.41. The predicted octanol–water partition coefficient (Wildman–Crippen LogP) is 5.08. The summed E-state index contributed by atoms with van der Waals surface area (Å²) in [5.41, 5.74) is 0.366. The van der Waals surface area contributed by atoms with Crippen molar-refractivity contribution in [2.75, 3.05) is 11.9 Å². The Balaban J connectivity index is 2.10. The number of halogens is 2. The Morgan fingerprint density at radius 3 is 2.80 bits per heavy atom. The molecular formula is C17H13ClFN3O3. The summed E-state index contributed by atoms with van der Waals surface area (Å²) in [6.45, 7) is 2.07. The SMILES string of the molecule is CCOc1cc2ccnc(Nc3ccc(F)c(Cl)c3)c2cc1[N+](=O)[O-]. The molecule has 1 heterocycles. The van der Waals surface area contributed by atoms with Gasteiger partial charge in [0.15, 0.2) is 5.75 Å². The van der Waals surface area contributed by atoms with Crippen LogP contribution in [0.25, 0.3) is 10.8 Å². The molecule has 8 heteroatoms. The van der Waals surface area contributed by atoms with Crippen molar-refractivity contribution >= 4 is 39.6 Å². The van der Waals surface area contributed by atoms with Crippen molar-refractivity contribution < 1.29 is 14.1 Å². The zero-order valence-corrected chi connectivity index (χ0v) is 13.9. The van der Waals surface area contributed by atoms with E-state index < -0.39 is 10.7 Å². The average molecular weight is 362 g/mol. The smallest absolute Gasteiger partial charge is 0.311 e. The number of nitro benzene ring substituents is 1. The summed E-state index contributed by atoms with van der Waals surface area (Å²) in [6.07, 6.45) is 1.57. The van der Waals surface area contributed by atoms with Gasteiger partial charge in [-0.15, -0.1) is 0 Å². The molecule has 0 atom stereocenters. The van der Waals surface area contributed by atoms with E-state index in [1.165, 1.54) is 24.3 Å². The van der Waals surface area contributed by atoms with Crippen molar-refractivity contribution in [1.29, 1.82) is 0 Å². The first-order chi connectivity index (χ1) is 12.0. The standard InChI is InChI=1S/C17H13ClFN3O3/c1-2-25-16-7-10-5-6-20-17(12(10)9-15(16)22(23)24)21-11-3-4-14(19)13(18)8-11/h3-9H,2H2,1H3,(H,20,21). The van der Waals surface area contributed by atoms with Crippen molar-refractivity contribution in [1.82, 2.24) is 4.98 Å². The topological polar surface area (TPSA) is 77.3 Å². The van der Waals surface area contributed by atoms with Crippen LogP contribution in [-0.2, 0) is 0 Å². The van der Waals surface area contributed by atoms with Crippen LogP contribution in [-0.4, -0.2) is 16.5 Å². The van der Waals surface area contributed by atoms with Gasteiger partial charge in [-0.2, -0.15) is 0 Å². The van der Waals surface area contributed by atoms with E-state index >= 15 is 0 Å². The van der Waals surface area contributed by atoms with Gasteiger partial charge in [0.25, 0.3) is 0 Å². The van der Waals surface area contributed by atoms with Crippen LogP contribution in [0.15, 0.2) is 42.6 Å². The highest BCUT2D eigenvalue weighted by atomic mass is 35.5. The Hall–Kier alpha value is -2.93. The van der Waals surface area contributed by atoms with Crippen molar-refractivity contribution in [3.8, 4) is 5.75 Å². The molecular weight excluding hydrogens is 349 g/mol. The number of nitrogens with zero attached hydrogens (tertiary/aromatic N) is 2. The number of nitrogens with one attached hydrogen (secondary N) is 1. The van der Waals surface area contributed by atoms with E-state index in [1.807, 2.05) is 0 Å². The van der Waals surface area contributed by atoms with Crippen LogP contribution in [0.2, 0.25) is 5.02 Å². The van der Waals surface area contributed by atoms with E-state index in [1.54, 1.807) is 25.3 Å². The number of benzene rings is 2. The van der Waals surface area contributed by atoms with Crippen LogP contribution < -0.4 is 10.1 Å². The number of hydrogen-bond donors (Lipinski definition) is 1. The molecule has 0 bridgehead atoms. The maximum Gasteiger partial charge on any atom is 0.311 e. The Morgan fingerprint density at radius 1 is 1.32 bits per heavy atom. The lowest BCUT2D eigenvalue weighted by Crippen LogP contribution is -1.99. The molecule has 2 aromatic carbocycles. The summed E-state index contributed by atoms with van der Waals surface area (Å²) >= 11 is 5.78. The molecule has 0 fully saturated rings. The summed E-state index contributed by atoms with van der Waals surface area (Å²) in [6, 6.07) is 8.88. The van der Waals surface area contributed by atoms with Crippen molar-refractivity contribution in [3.63, 3.8) is 0 Å². The lowest BCUT2D eigenvalue weighted by molar-refractivity contribution is -0.385. The van der Waals surface area contributed by atoms with Gasteiger partial charge in [-0.3, -0.25) is 10.1 Å². The van der Waals surface area contributed by atoms with Crippen molar-refractivity contribution in [3.05, 3.63) is 63.5 Å². The number of nitro groups is 1. The van der Waals surface area contributed by atoms with Crippen LogP contribution in [0.1, 0.15) is 6.92 Å². The second-order valence-corrected chi connectivity index (χ2v) is 5.55. The van der Waals surface area contributed by atoms with E-state index in [-0.39, 0.29) is 16.5 Å². The second kappa shape index (κ2) is 6.90. The van der Waals surface area contributed by atoms with E-state index in [0.717, 1.165) is 5.39 Å². The minimum absolute atomic E-state index is 0.0325. The molecule has 0 aliphatic rings. The van der Waals surface area contributed by atoms with Crippen LogP contribution in [0.4, 0.5) is 21.6 Å². The summed E-state index contributed by atoms with van der Waals surface area (Å²) < 4.78 is 18.6. The minimum atomic E-state index is -0.532. The molecule has 0 spiro atoms. The molecule has 0 unspecified atom stereocenters. The second-order valence-electron chi connectivity index (χ2n) is 5.14. The molecule has 0 amide bonds. The minimum Gasteiger partial charge on any atom is -0.487 e. The van der Waals surface area contributed by atoms with Gasteiger partial charge in [-0.25, -0.2) is 9.37 Å². The van der Waals surface area contributed by atoms with Gasteiger partial charge in [0.05, 0.1) is 16.6 Å². The monoisotopic (exact) mass is 361 g/mol. The highest BCUT2D eigenvalue weighted by Crippen LogP contribution is 2.35. The molecule has 0 saturated heterocycles. The molecule has 128 valence electrons. The molecule has 0 saturated carbocycles. The maximum atomic E-state index is 13.3. The fourth-order valence-electron chi connectivity index (χ4n) is 2.41. The van der Waals surface area contributed by atoms with E-state index in [2.05, 4.69) is 10.3 Å². The third-order valence-corrected chi connectivity index (χ3v) is 3.81. The third-order valence-electron chi connectivity index (χ3n) is 3.52. The average Bonchev–Trinajstić information content (AvgIpc) is 2.58. The molecule has 1 N–H and O–H groups in total. The van der Waals surface area contributed by atoms with Gasteiger partial charge in [-0.1, -0.05) is 11.6 Å². The van der Waals surface area contributed by atoms with Crippen LogP contribution in [0.3, 0.4) is 0 Å². The Kier molecular flexibility index (Phi) is 4.67. The molecule has 0 radical (unpaired) electrons. The number of hydrogen-bond acceptors (Lipinski definition) is 5. The summed E-state index contributed by atoms with van der Waals surface area (Å²) in [5, 5.41) is 15.6. The van der Waals surface area contributed by atoms with Crippen molar-refractivity contribution in [2.45, 2.75) is 6.92 Å². The molecule has 3 rings (SSSR count). The van der Waals surface area contributed by atoms with Crippen LogP contribution >= 0.6 is 11.6 Å². The van der Waals surface area contributed by atoms with Crippen LogP contribution in [0.5, 0.6) is 5.75 Å². The largest absolute Gasteiger partial charge is 0.487 e. The summed E-state index contributed by atoms with van der Waals surface area (Å²) in [4.78, 5) is 15.0. The van der Waals surface area contributed by atoms with Gasteiger partial charge < -0.3 is 10.1 Å².